The predicted molar refractivity (Wildman–Crippen MR) is 101 cm³/mol. The molecule has 1 fully saturated rings. The highest BCUT2D eigenvalue weighted by Crippen LogP contribution is 2.13. The average molecular weight is 370 g/mol. The van der Waals surface area contributed by atoms with E-state index in [1.165, 1.54) is 18.7 Å². The van der Waals surface area contributed by atoms with Gasteiger partial charge in [-0.15, -0.1) is 0 Å². The number of pyridine rings is 1. The van der Waals surface area contributed by atoms with E-state index in [1.54, 1.807) is 23.3 Å². The van der Waals surface area contributed by atoms with Gasteiger partial charge < -0.3 is 10.1 Å². The van der Waals surface area contributed by atoms with E-state index in [0.29, 0.717) is 15.9 Å². The van der Waals surface area contributed by atoms with Gasteiger partial charge in [-0.05, 0) is 12.1 Å². The molecule has 24 heavy (non-hydrogen) atoms. The van der Waals surface area contributed by atoms with Gasteiger partial charge in [0.1, 0.15) is 10.0 Å². The number of aromatic nitrogens is 1. The SMILES string of the molecule is CC(=O)c1ccc(N(N)CSC(=S)NCCN2CCOCC2)cn1. The second kappa shape index (κ2) is 9.90. The summed E-state index contributed by atoms with van der Waals surface area (Å²) in [6.45, 7) is 6.80. The molecule has 1 saturated heterocycles. The Morgan fingerprint density at radius 1 is 1.50 bits per heavy atom. The number of rotatable bonds is 7. The lowest BCUT2D eigenvalue weighted by molar-refractivity contribution is 0.0389. The lowest BCUT2D eigenvalue weighted by Gasteiger charge is -2.26. The number of hydrazine groups is 1. The molecule has 1 aliphatic heterocycles. The van der Waals surface area contributed by atoms with Crippen LogP contribution in [0.25, 0.3) is 0 Å². The van der Waals surface area contributed by atoms with E-state index in [2.05, 4.69) is 15.2 Å². The third-order valence-corrected chi connectivity index (χ3v) is 4.89. The summed E-state index contributed by atoms with van der Waals surface area (Å²) in [6, 6.07) is 3.44. The van der Waals surface area contributed by atoms with Crippen LogP contribution >= 0.6 is 24.0 Å². The number of Topliss-reactive ketones (excluding diaryl/α,β-unsaturated/α-hetero) is 1. The van der Waals surface area contributed by atoms with Gasteiger partial charge in [-0.1, -0.05) is 24.0 Å². The Balaban J connectivity index is 1.65. The minimum Gasteiger partial charge on any atom is -0.379 e. The Labute approximate surface area is 151 Å². The van der Waals surface area contributed by atoms with Crippen LogP contribution in [0.1, 0.15) is 17.4 Å². The number of carbonyl (C=O) groups is 1. The Kier molecular flexibility index (Phi) is 7.86. The molecular formula is C15H23N5O2S2. The molecule has 1 aliphatic rings. The standard InChI is InChI=1S/C15H23N5O2S2/c1-12(21)14-3-2-13(10-18-14)20(16)11-24-15(23)17-4-5-19-6-8-22-9-7-19/h2-3,10H,4-9,11,16H2,1H3,(H,17,23). The number of nitrogens with two attached hydrogens (primary N) is 1. The van der Waals surface area contributed by atoms with Crippen molar-refractivity contribution in [1.29, 1.82) is 0 Å². The van der Waals surface area contributed by atoms with E-state index in [4.69, 9.17) is 22.8 Å². The van der Waals surface area contributed by atoms with E-state index in [-0.39, 0.29) is 5.78 Å². The van der Waals surface area contributed by atoms with E-state index in [0.717, 1.165) is 45.1 Å². The largest absolute Gasteiger partial charge is 0.379 e. The van der Waals surface area contributed by atoms with Gasteiger partial charge in [0.2, 0.25) is 0 Å². The van der Waals surface area contributed by atoms with Crippen molar-refractivity contribution in [3.63, 3.8) is 0 Å². The average Bonchev–Trinajstić information content (AvgIpc) is 2.60. The van der Waals surface area contributed by atoms with Crippen molar-refractivity contribution in [2.75, 3.05) is 50.3 Å². The Hall–Kier alpha value is -1.26. The van der Waals surface area contributed by atoms with Crippen molar-refractivity contribution in [3.05, 3.63) is 24.0 Å². The first kappa shape index (κ1) is 19.1. The van der Waals surface area contributed by atoms with Crippen molar-refractivity contribution in [2.45, 2.75) is 6.92 Å². The van der Waals surface area contributed by atoms with Crippen molar-refractivity contribution in [1.82, 2.24) is 15.2 Å². The van der Waals surface area contributed by atoms with Crippen LogP contribution in [0.3, 0.4) is 0 Å². The van der Waals surface area contributed by atoms with Crippen molar-refractivity contribution in [2.24, 2.45) is 5.84 Å². The zero-order valence-electron chi connectivity index (χ0n) is 13.7. The molecule has 7 nitrogen and oxygen atoms in total. The molecule has 1 aromatic rings. The number of hydrogen-bond acceptors (Lipinski definition) is 8. The molecule has 9 heteroatoms. The molecule has 0 aliphatic carbocycles. The van der Waals surface area contributed by atoms with Crippen LogP contribution in [0.4, 0.5) is 5.69 Å². The number of ether oxygens (including phenoxy) is 1. The zero-order chi connectivity index (χ0) is 17.4. The minimum absolute atomic E-state index is 0.0647. The molecular weight excluding hydrogens is 346 g/mol. The summed E-state index contributed by atoms with van der Waals surface area (Å²) in [7, 11) is 0. The second-order valence-electron chi connectivity index (χ2n) is 5.37. The Morgan fingerprint density at radius 3 is 2.88 bits per heavy atom. The molecule has 2 rings (SSSR count). The molecule has 2 heterocycles. The number of thiocarbonyl (C=S) groups is 1. The van der Waals surface area contributed by atoms with Gasteiger partial charge in [0, 0.05) is 33.1 Å². The van der Waals surface area contributed by atoms with Gasteiger partial charge in [0.25, 0.3) is 0 Å². The van der Waals surface area contributed by atoms with Crippen LogP contribution < -0.4 is 16.2 Å². The van der Waals surface area contributed by atoms with E-state index in [9.17, 15) is 4.79 Å². The third-order valence-electron chi connectivity index (χ3n) is 3.58. The third kappa shape index (κ3) is 6.33. The van der Waals surface area contributed by atoms with Crippen LogP contribution in [-0.2, 0) is 4.74 Å². The summed E-state index contributed by atoms with van der Waals surface area (Å²) in [4.78, 5) is 17.6. The summed E-state index contributed by atoms with van der Waals surface area (Å²) >= 11 is 6.77. The predicted octanol–water partition coefficient (Wildman–Crippen LogP) is 0.862. The summed E-state index contributed by atoms with van der Waals surface area (Å²) in [5, 5.41) is 4.78. The number of anilines is 1. The van der Waals surface area contributed by atoms with Gasteiger partial charge in [-0.2, -0.15) is 0 Å². The molecule has 3 N–H and O–H groups in total. The first-order chi connectivity index (χ1) is 11.6. The number of carbonyl (C=O) groups excluding carboxylic acids is 1. The number of hydrogen-bond donors (Lipinski definition) is 2. The molecule has 0 amide bonds. The van der Waals surface area contributed by atoms with E-state index >= 15 is 0 Å². The van der Waals surface area contributed by atoms with Crippen LogP contribution in [0.2, 0.25) is 0 Å². The molecule has 1 aromatic heterocycles. The summed E-state index contributed by atoms with van der Waals surface area (Å²) in [5.41, 5.74) is 1.17. The molecule has 0 spiro atoms. The lowest BCUT2D eigenvalue weighted by atomic mass is 10.2. The topological polar surface area (TPSA) is 83.7 Å². The molecule has 0 bridgehead atoms. The zero-order valence-corrected chi connectivity index (χ0v) is 15.4. The molecule has 0 saturated carbocycles. The fourth-order valence-electron chi connectivity index (χ4n) is 2.16. The highest BCUT2D eigenvalue weighted by Gasteiger charge is 2.10. The van der Waals surface area contributed by atoms with Gasteiger partial charge in [-0.3, -0.25) is 19.7 Å². The molecule has 132 valence electrons. The van der Waals surface area contributed by atoms with Crippen LogP contribution in [0.5, 0.6) is 0 Å². The molecule has 0 unspecified atom stereocenters. The van der Waals surface area contributed by atoms with Gasteiger partial charge >= 0.3 is 0 Å². The number of thioether (sulfide) groups is 1. The first-order valence-corrected chi connectivity index (χ1v) is 9.15. The fourth-order valence-corrected chi connectivity index (χ4v) is 3.03. The van der Waals surface area contributed by atoms with E-state index < -0.39 is 0 Å². The minimum atomic E-state index is -0.0647. The van der Waals surface area contributed by atoms with Crippen LogP contribution in [0, 0.1) is 0 Å². The maximum absolute atomic E-state index is 11.2. The normalized spacial score (nSPS) is 15.1. The summed E-state index contributed by atoms with van der Waals surface area (Å²) < 4.78 is 6.03. The highest BCUT2D eigenvalue weighted by molar-refractivity contribution is 8.23. The van der Waals surface area contributed by atoms with Gasteiger partial charge in [0.05, 0.1) is 31.0 Å². The van der Waals surface area contributed by atoms with Crippen molar-refractivity contribution < 1.29 is 9.53 Å². The van der Waals surface area contributed by atoms with Gasteiger partial charge in [-0.25, -0.2) is 5.84 Å². The second-order valence-corrected chi connectivity index (χ2v) is 6.99. The van der Waals surface area contributed by atoms with Crippen LogP contribution in [0.15, 0.2) is 18.3 Å². The summed E-state index contributed by atoms with van der Waals surface area (Å²) in [5.74, 6) is 6.43. The maximum atomic E-state index is 11.2. The number of nitrogens with zero attached hydrogens (tertiary/aromatic N) is 3. The monoisotopic (exact) mass is 369 g/mol. The molecule has 0 aromatic carbocycles. The van der Waals surface area contributed by atoms with Crippen molar-refractivity contribution in [3.8, 4) is 0 Å². The highest BCUT2D eigenvalue weighted by atomic mass is 32.2. The number of nitrogens with one attached hydrogen (secondary N) is 1. The summed E-state index contributed by atoms with van der Waals surface area (Å²) in [6.07, 6.45) is 1.59. The Bertz CT molecular complexity index is 549. The molecule has 0 atom stereocenters. The number of ketones is 1. The van der Waals surface area contributed by atoms with Gasteiger partial charge in [0.15, 0.2) is 5.78 Å². The lowest BCUT2D eigenvalue weighted by Crippen LogP contribution is -2.41. The number of morpholine rings is 1. The quantitative estimate of drug-likeness (QED) is 0.239. The first-order valence-electron chi connectivity index (χ1n) is 7.76. The smallest absolute Gasteiger partial charge is 0.178 e. The van der Waals surface area contributed by atoms with E-state index in [1.807, 2.05) is 0 Å². The fraction of sp³-hybridized carbons (Fsp3) is 0.533. The Morgan fingerprint density at radius 2 is 2.25 bits per heavy atom. The van der Waals surface area contributed by atoms with Crippen molar-refractivity contribution >= 4 is 39.8 Å². The molecule has 0 radical (unpaired) electrons. The maximum Gasteiger partial charge on any atom is 0.178 e. The van der Waals surface area contributed by atoms with Crippen LogP contribution in [-0.4, -0.2) is 65.3 Å².